The van der Waals surface area contributed by atoms with E-state index in [0.29, 0.717) is 11.8 Å². The molecule has 1 aromatic carbocycles. The van der Waals surface area contributed by atoms with Gasteiger partial charge in [-0.2, -0.15) is 5.26 Å². The zero-order chi connectivity index (χ0) is 19.4. The summed E-state index contributed by atoms with van der Waals surface area (Å²) in [5, 5.41) is 9.45. The number of hydrogen-bond acceptors (Lipinski definition) is 3. The Morgan fingerprint density at radius 1 is 1.19 bits per heavy atom. The average molecular weight is 436 g/mol. The second kappa shape index (κ2) is 6.48. The van der Waals surface area contributed by atoms with E-state index in [-0.39, 0.29) is 21.7 Å². The molecule has 0 saturated heterocycles. The standard InChI is InChI=1S/C21H20BrF2NO2/c22-21-7-12-3-13(8-21)6-20(5-12,11-21)9-18(26)15(10-25)19(27)14-1-2-16(23)17(24)4-14/h1-2,4,12-13,15H,3,5-9,11H2. The van der Waals surface area contributed by atoms with Crippen molar-refractivity contribution < 1.29 is 18.4 Å². The molecule has 0 heterocycles. The highest BCUT2D eigenvalue weighted by Gasteiger charge is 2.57. The number of halogens is 3. The minimum absolute atomic E-state index is 0.0869. The molecule has 0 N–H and O–H groups in total. The van der Waals surface area contributed by atoms with E-state index in [0.717, 1.165) is 50.3 Å². The Bertz CT molecular complexity index is 848. The summed E-state index contributed by atoms with van der Waals surface area (Å²) in [5.41, 5.74) is -0.287. The Morgan fingerprint density at radius 2 is 1.85 bits per heavy atom. The van der Waals surface area contributed by atoms with Gasteiger partial charge in [-0.25, -0.2) is 8.78 Å². The summed E-state index contributed by atoms with van der Waals surface area (Å²) in [6.07, 6.45) is 6.53. The van der Waals surface area contributed by atoms with Crippen LogP contribution < -0.4 is 0 Å². The number of Topliss-reactive ketones (excluding diaryl/α,β-unsaturated/α-hetero) is 2. The van der Waals surface area contributed by atoms with Gasteiger partial charge in [0.1, 0.15) is 0 Å². The second-order valence-electron chi connectivity index (χ2n) is 8.81. The molecule has 5 rings (SSSR count). The van der Waals surface area contributed by atoms with Gasteiger partial charge in [0.2, 0.25) is 0 Å². The third kappa shape index (κ3) is 3.35. The lowest BCUT2D eigenvalue weighted by atomic mass is 9.48. The molecule has 0 amide bonds. The largest absolute Gasteiger partial charge is 0.298 e. The van der Waals surface area contributed by atoms with E-state index in [1.54, 1.807) is 6.07 Å². The summed E-state index contributed by atoms with van der Waals surface area (Å²) < 4.78 is 26.6. The molecule has 1 aromatic rings. The zero-order valence-corrected chi connectivity index (χ0v) is 16.4. The van der Waals surface area contributed by atoms with Crippen molar-refractivity contribution in [2.45, 2.75) is 49.3 Å². The minimum Gasteiger partial charge on any atom is -0.298 e. The van der Waals surface area contributed by atoms with Crippen LogP contribution in [0.15, 0.2) is 18.2 Å². The Morgan fingerprint density at radius 3 is 2.41 bits per heavy atom. The first-order chi connectivity index (χ1) is 12.7. The Kier molecular flexibility index (Phi) is 4.50. The predicted octanol–water partition coefficient (Wildman–Crippen LogP) is 4.98. The number of ketones is 2. The van der Waals surface area contributed by atoms with Crippen LogP contribution in [0.3, 0.4) is 0 Å². The van der Waals surface area contributed by atoms with Gasteiger partial charge in [-0.15, -0.1) is 0 Å². The molecule has 4 aliphatic rings. The van der Waals surface area contributed by atoms with E-state index in [2.05, 4.69) is 15.9 Å². The lowest BCUT2D eigenvalue weighted by Crippen LogP contribution is -2.53. The molecule has 6 heteroatoms. The maximum atomic E-state index is 13.4. The Balaban J connectivity index is 1.54. The van der Waals surface area contributed by atoms with Gasteiger partial charge in [-0.3, -0.25) is 9.59 Å². The normalized spacial score (nSPS) is 34.9. The van der Waals surface area contributed by atoms with Crippen molar-refractivity contribution in [3.8, 4) is 6.07 Å². The summed E-state index contributed by atoms with van der Waals surface area (Å²) in [4.78, 5) is 25.5. The number of hydrogen-bond donors (Lipinski definition) is 0. The van der Waals surface area contributed by atoms with Gasteiger partial charge in [0.05, 0.1) is 6.07 Å². The lowest BCUT2D eigenvalue weighted by Gasteiger charge is -2.60. The van der Waals surface area contributed by atoms with Gasteiger partial charge in [-0.1, -0.05) is 15.9 Å². The molecular weight excluding hydrogens is 416 g/mol. The number of benzene rings is 1. The maximum absolute atomic E-state index is 13.4. The van der Waals surface area contributed by atoms with E-state index >= 15 is 0 Å². The van der Waals surface area contributed by atoms with Gasteiger partial charge in [0.15, 0.2) is 29.1 Å². The molecule has 0 aliphatic heterocycles. The topological polar surface area (TPSA) is 57.9 Å². The molecule has 4 saturated carbocycles. The molecule has 0 radical (unpaired) electrons. The third-order valence-corrected chi connectivity index (χ3v) is 7.51. The van der Waals surface area contributed by atoms with Crippen LogP contribution in [0, 0.1) is 46.1 Å². The van der Waals surface area contributed by atoms with Crippen LogP contribution in [0.2, 0.25) is 0 Å². The Hall–Kier alpha value is -1.61. The number of alkyl halides is 1. The number of nitriles is 1. The minimum atomic E-state index is -1.46. The predicted molar refractivity (Wildman–Crippen MR) is 98.2 cm³/mol. The molecule has 4 aliphatic carbocycles. The molecule has 27 heavy (non-hydrogen) atoms. The first-order valence-electron chi connectivity index (χ1n) is 9.33. The number of carbonyl (C=O) groups is 2. The molecule has 3 unspecified atom stereocenters. The summed E-state index contributed by atoms with van der Waals surface area (Å²) in [6, 6.07) is 4.52. The van der Waals surface area contributed by atoms with Crippen molar-refractivity contribution in [3.63, 3.8) is 0 Å². The van der Waals surface area contributed by atoms with Crippen LogP contribution in [0.5, 0.6) is 0 Å². The van der Waals surface area contributed by atoms with Crippen molar-refractivity contribution in [2.75, 3.05) is 0 Å². The van der Waals surface area contributed by atoms with E-state index in [1.165, 1.54) is 6.42 Å². The molecule has 0 spiro atoms. The van der Waals surface area contributed by atoms with Gasteiger partial charge < -0.3 is 0 Å². The zero-order valence-electron chi connectivity index (χ0n) is 14.8. The van der Waals surface area contributed by atoms with E-state index < -0.39 is 29.1 Å². The highest BCUT2D eigenvalue weighted by atomic mass is 79.9. The quantitative estimate of drug-likeness (QED) is 0.372. The second-order valence-corrected chi connectivity index (χ2v) is 10.5. The van der Waals surface area contributed by atoms with Gasteiger partial charge >= 0.3 is 0 Å². The third-order valence-electron chi connectivity index (χ3n) is 6.58. The van der Waals surface area contributed by atoms with Crippen molar-refractivity contribution in [2.24, 2.45) is 23.2 Å². The van der Waals surface area contributed by atoms with Crippen molar-refractivity contribution in [3.05, 3.63) is 35.4 Å². The molecule has 3 atom stereocenters. The maximum Gasteiger partial charge on any atom is 0.187 e. The van der Waals surface area contributed by atoms with Gasteiger partial charge in [0, 0.05) is 16.3 Å². The summed E-state index contributed by atoms with van der Waals surface area (Å²) in [7, 11) is 0. The fourth-order valence-corrected chi connectivity index (χ4v) is 7.62. The summed E-state index contributed by atoms with van der Waals surface area (Å²) in [6.45, 7) is 0. The number of carbonyl (C=O) groups excluding carboxylic acids is 2. The van der Waals surface area contributed by atoms with Crippen LogP contribution in [0.1, 0.15) is 55.3 Å². The molecular formula is C21H20BrF2NO2. The number of nitrogens with zero attached hydrogens (tertiary/aromatic N) is 1. The Labute approximate surface area is 165 Å². The molecule has 3 nitrogen and oxygen atoms in total. The molecule has 0 aromatic heterocycles. The SMILES string of the molecule is N#CC(C(=O)CC12CC3CC(CC(Br)(C3)C1)C2)C(=O)c1ccc(F)c(F)c1. The number of rotatable bonds is 5. The van der Waals surface area contributed by atoms with Gasteiger partial charge in [-0.05, 0) is 74.0 Å². The fraction of sp³-hybridized carbons (Fsp3) is 0.571. The summed E-state index contributed by atoms with van der Waals surface area (Å²) >= 11 is 3.90. The lowest BCUT2D eigenvalue weighted by molar-refractivity contribution is -0.127. The first kappa shape index (κ1) is 18.7. The fourth-order valence-electron chi connectivity index (χ4n) is 6.11. The van der Waals surface area contributed by atoms with Crippen LogP contribution in [-0.4, -0.2) is 15.9 Å². The van der Waals surface area contributed by atoms with Crippen LogP contribution in [-0.2, 0) is 4.79 Å². The summed E-state index contributed by atoms with van der Waals surface area (Å²) in [5.74, 6) is -3.64. The molecule has 4 bridgehead atoms. The highest BCUT2D eigenvalue weighted by Crippen LogP contribution is 2.65. The van der Waals surface area contributed by atoms with Crippen molar-refractivity contribution in [1.29, 1.82) is 5.26 Å². The van der Waals surface area contributed by atoms with Gasteiger partial charge in [0.25, 0.3) is 0 Å². The van der Waals surface area contributed by atoms with Crippen LogP contribution in [0.25, 0.3) is 0 Å². The van der Waals surface area contributed by atoms with E-state index in [4.69, 9.17) is 0 Å². The first-order valence-corrected chi connectivity index (χ1v) is 10.1. The molecule has 142 valence electrons. The van der Waals surface area contributed by atoms with Crippen molar-refractivity contribution >= 4 is 27.5 Å². The highest BCUT2D eigenvalue weighted by molar-refractivity contribution is 9.10. The molecule has 4 fully saturated rings. The van der Waals surface area contributed by atoms with E-state index in [1.807, 2.05) is 0 Å². The average Bonchev–Trinajstić information content (AvgIpc) is 2.55. The monoisotopic (exact) mass is 435 g/mol. The van der Waals surface area contributed by atoms with Crippen LogP contribution in [0.4, 0.5) is 8.78 Å². The van der Waals surface area contributed by atoms with Crippen molar-refractivity contribution in [1.82, 2.24) is 0 Å². The smallest absolute Gasteiger partial charge is 0.187 e. The van der Waals surface area contributed by atoms with Crippen LogP contribution >= 0.6 is 15.9 Å². The van der Waals surface area contributed by atoms with E-state index in [9.17, 15) is 23.6 Å².